The van der Waals surface area contributed by atoms with Crippen LogP contribution < -0.4 is 0 Å². The van der Waals surface area contributed by atoms with E-state index in [-0.39, 0.29) is 5.82 Å². The topological polar surface area (TPSA) is 27.0 Å². The van der Waals surface area contributed by atoms with E-state index < -0.39 is 0 Å². The third kappa shape index (κ3) is 2.86. The van der Waals surface area contributed by atoms with E-state index in [4.69, 9.17) is 5.26 Å². The highest BCUT2D eigenvalue weighted by Crippen LogP contribution is 2.36. The molecule has 1 saturated carbocycles. The van der Waals surface area contributed by atoms with Crippen LogP contribution in [0.1, 0.15) is 43.2 Å². The number of fused-ring (bicyclic) bond motifs is 1. The molecule has 0 radical (unpaired) electrons. The van der Waals surface area contributed by atoms with Crippen molar-refractivity contribution in [3.8, 4) is 6.07 Å². The van der Waals surface area contributed by atoms with Gasteiger partial charge in [0.25, 0.3) is 0 Å². The summed E-state index contributed by atoms with van der Waals surface area (Å²) in [4.78, 5) is 2.39. The van der Waals surface area contributed by atoms with Crippen LogP contribution in [-0.4, -0.2) is 18.0 Å². The molecule has 0 N–H and O–H groups in total. The van der Waals surface area contributed by atoms with Crippen LogP contribution in [0.15, 0.2) is 18.2 Å². The molecule has 106 valence electrons. The van der Waals surface area contributed by atoms with E-state index in [0.29, 0.717) is 12.1 Å². The van der Waals surface area contributed by atoms with Gasteiger partial charge in [0, 0.05) is 18.7 Å². The number of halogens is 1. The highest BCUT2D eigenvalue weighted by Gasteiger charge is 2.31. The lowest BCUT2D eigenvalue weighted by Crippen LogP contribution is -2.41. The minimum Gasteiger partial charge on any atom is -0.299 e. The molecule has 2 nitrogen and oxygen atoms in total. The first-order valence-electron chi connectivity index (χ1n) is 7.67. The Balaban J connectivity index is 1.65. The molecule has 2 fully saturated rings. The van der Waals surface area contributed by atoms with Crippen molar-refractivity contribution in [2.45, 2.75) is 38.6 Å². The fraction of sp³-hybridized carbons (Fsp3) is 0.588. The SMILES string of the molecule is N#Cc1ccc(CN2CCC3CCCCC3C2)c(F)c1. The second-order valence-corrected chi connectivity index (χ2v) is 6.25. The zero-order valence-electron chi connectivity index (χ0n) is 11.8. The number of nitriles is 1. The minimum absolute atomic E-state index is 0.241. The van der Waals surface area contributed by atoms with Gasteiger partial charge in [-0.1, -0.05) is 25.3 Å². The number of hydrogen-bond donors (Lipinski definition) is 0. The number of nitrogens with zero attached hydrogens (tertiary/aromatic N) is 2. The van der Waals surface area contributed by atoms with Crippen LogP contribution >= 0.6 is 0 Å². The number of hydrogen-bond acceptors (Lipinski definition) is 2. The van der Waals surface area contributed by atoms with Gasteiger partial charge in [0.1, 0.15) is 5.82 Å². The molecule has 1 aromatic carbocycles. The normalized spacial score (nSPS) is 26.8. The summed E-state index contributed by atoms with van der Waals surface area (Å²) in [5, 5.41) is 8.78. The summed E-state index contributed by atoms with van der Waals surface area (Å²) in [6.07, 6.45) is 6.76. The third-order valence-corrected chi connectivity index (χ3v) is 4.95. The summed E-state index contributed by atoms with van der Waals surface area (Å²) in [5.74, 6) is 1.49. The molecule has 2 aliphatic rings. The van der Waals surface area contributed by atoms with Crippen LogP contribution in [0, 0.1) is 29.0 Å². The Morgan fingerprint density at radius 1 is 1.20 bits per heavy atom. The molecule has 0 bridgehead atoms. The van der Waals surface area contributed by atoms with Gasteiger partial charge in [-0.25, -0.2) is 4.39 Å². The van der Waals surface area contributed by atoms with E-state index in [1.165, 1.54) is 38.2 Å². The third-order valence-electron chi connectivity index (χ3n) is 4.95. The molecular formula is C17H21FN2. The lowest BCUT2D eigenvalue weighted by Gasteiger charge is -2.41. The maximum atomic E-state index is 13.9. The van der Waals surface area contributed by atoms with Gasteiger partial charge in [0.15, 0.2) is 0 Å². The van der Waals surface area contributed by atoms with Gasteiger partial charge in [-0.15, -0.1) is 0 Å². The zero-order chi connectivity index (χ0) is 13.9. The molecular weight excluding hydrogens is 251 g/mol. The summed E-state index contributed by atoms with van der Waals surface area (Å²) in [5.41, 5.74) is 1.12. The number of benzene rings is 1. The summed E-state index contributed by atoms with van der Waals surface area (Å²) < 4.78 is 13.9. The predicted molar refractivity (Wildman–Crippen MR) is 76.5 cm³/mol. The minimum atomic E-state index is -0.241. The molecule has 2 unspecified atom stereocenters. The average molecular weight is 272 g/mol. The van der Waals surface area contributed by atoms with Crippen LogP contribution in [0.25, 0.3) is 0 Å². The molecule has 0 spiro atoms. The smallest absolute Gasteiger partial charge is 0.129 e. The molecule has 0 aromatic heterocycles. The van der Waals surface area contributed by atoms with Crippen molar-refractivity contribution in [3.05, 3.63) is 35.1 Å². The fourth-order valence-corrected chi connectivity index (χ4v) is 3.81. The van der Waals surface area contributed by atoms with E-state index in [2.05, 4.69) is 4.90 Å². The Hall–Kier alpha value is -1.40. The van der Waals surface area contributed by atoms with Gasteiger partial charge >= 0.3 is 0 Å². The Labute approximate surface area is 120 Å². The van der Waals surface area contributed by atoms with Crippen molar-refractivity contribution < 1.29 is 4.39 Å². The molecule has 1 aliphatic carbocycles. The van der Waals surface area contributed by atoms with E-state index >= 15 is 0 Å². The highest BCUT2D eigenvalue weighted by molar-refractivity contribution is 5.32. The fourth-order valence-electron chi connectivity index (χ4n) is 3.81. The maximum absolute atomic E-state index is 13.9. The summed E-state index contributed by atoms with van der Waals surface area (Å²) in [6.45, 7) is 2.88. The van der Waals surface area contributed by atoms with Crippen LogP contribution in [-0.2, 0) is 6.54 Å². The second kappa shape index (κ2) is 5.93. The van der Waals surface area contributed by atoms with E-state index in [1.807, 2.05) is 6.07 Å². The molecule has 3 heteroatoms. The van der Waals surface area contributed by atoms with E-state index in [9.17, 15) is 4.39 Å². The average Bonchev–Trinajstić information content (AvgIpc) is 2.49. The number of piperidine rings is 1. The van der Waals surface area contributed by atoms with Crippen molar-refractivity contribution in [1.29, 1.82) is 5.26 Å². The van der Waals surface area contributed by atoms with Crippen LogP contribution in [0.3, 0.4) is 0 Å². The monoisotopic (exact) mass is 272 g/mol. The van der Waals surface area contributed by atoms with Gasteiger partial charge in [-0.2, -0.15) is 5.26 Å². The van der Waals surface area contributed by atoms with E-state index in [1.54, 1.807) is 12.1 Å². The quantitative estimate of drug-likeness (QED) is 0.820. The maximum Gasteiger partial charge on any atom is 0.129 e. The van der Waals surface area contributed by atoms with E-state index in [0.717, 1.165) is 30.5 Å². The second-order valence-electron chi connectivity index (χ2n) is 6.25. The number of rotatable bonds is 2. The number of likely N-dealkylation sites (tertiary alicyclic amines) is 1. The van der Waals surface area contributed by atoms with Gasteiger partial charge in [0.2, 0.25) is 0 Å². The van der Waals surface area contributed by atoms with Gasteiger partial charge in [-0.05, 0) is 43.4 Å². The van der Waals surface area contributed by atoms with Crippen molar-refractivity contribution in [2.75, 3.05) is 13.1 Å². The molecule has 2 atom stereocenters. The van der Waals surface area contributed by atoms with Crippen molar-refractivity contribution in [3.63, 3.8) is 0 Å². The van der Waals surface area contributed by atoms with Crippen LogP contribution in [0.2, 0.25) is 0 Å². The van der Waals surface area contributed by atoms with Crippen molar-refractivity contribution in [2.24, 2.45) is 11.8 Å². The Morgan fingerprint density at radius 3 is 2.75 bits per heavy atom. The summed E-state index contributed by atoms with van der Waals surface area (Å²) >= 11 is 0. The molecule has 1 heterocycles. The first-order valence-corrected chi connectivity index (χ1v) is 7.67. The molecule has 1 aliphatic heterocycles. The predicted octanol–water partition coefficient (Wildman–Crippen LogP) is 3.71. The summed E-state index contributed by atoms with van der Waals surface area (Å²) in [6, 6.07) is 6.81. The first kappa shape index (κ1) is 13.6. The van der Waals surface area contributed by atoms with Crippen LogP contribution in [0.5, 0.6) is 0 Å². The first-order chi connectivity index (χ1) is 9.76. The molecule has 1 saturated heterocycles. The van der Waals surface area contributed by atoms with Gasteiger partial charge < -0.3 is 0 Å². The molecule has 20 heavy (non-hydrogen) atoms. The highest BCUT2D eigenvalue weighted by atomic mass is 19.1. The van der Waals surface area contributed by atoms with Crippen LogP contribution in [0.4, 0.5) is 4.39 Å². The van der Waals surface area contributed by atoms with Crippen molar-refractivity contribution >= 4 is 0 Å². The molecule has 1 aromatic rings. The Bertz CT molecular complexity index is 520. The largest absolute Gasteiger partial charge is 0.299 e. The molecule has 3 rings (SSSR count). The molecule has 0 amide bonds. The zero-order valence-corrected chi connectivity index (χ0v) is 11.8. The lowest BCUT2D eigenvalue weighted by molar-refractivity contribution is 0.0813. The standard InChI is InChI=1S/C17H21FN2/c18-17-9-13(10-19)5-6-16(17)12-20-8-7-14-3-1-2-4-15(14)11-20/h5-6,9,14-15H,1-4,7-8,11-12H2. The van der Waals surface area contributed by atoms with Crippen molar-refractivity contribution in [1.82, 2.24) is 4.90 Å². The lowest BCUT2D eigenvalue weighted by atomic mass is 9.75. The summed E-state index contributed by atoms with van der Waals surface area (Å²) in [7, 11) is 0. The Kier molecular flexibility index (Phi) is 4.03. The van der Waals surface area contributed by atoms with Gasteiger partial charge in [0.05, 0.1) is 11.6 Å². The van der Waals surface area contributed by atoms with Gasteiger partial charge in [-0.3, -0.25) is 4.90 Å². The Morgan fingerprint density at radius 2 is 2.00 bits per heavy atom.